The molecular weight excluding hydrogens is 386 g/mol. The molecule has 1 N–H and O–H groups in total. The Morgan fingerprint density at radius 3 is 2.62 bits per heavy atom. The summed E-state index contributed by atoms with van der Waals surface area (Å²) in [5.74, 6) is 0.802. The number of carbonyl (C=O) groups is 1. The van der Waals surface area contributed by atoms with Crippen LogP contribution in [0.25, 0.3) is 11.6 Å². The maximum atomic E-state index is 11.6. The highest BCUT2D eigenvalue weighted by atomic mass is 32.2. The SMILES string of the molecule is Cc1ccc2c(c1)/C(=C/c1cccc(NS(=O)(=O)C=O)c1)c1ccccc1CO2. The van der Waals surface area contributed by atoms with Crippen LogP contribution in [-0.2, 0) is 21.4 Å². The molecule has 1 aliphatic rings. The zero-order valence-corrected chi connectivity index (χ0v) is 16.6. The second kappa shape index (κ2) is 7.56. The van der Waals surface area contributed by atoms with Crippen molar-refractivity contribution in [1.82, 2.24) is 0 Å². The molecule has 0 amide bonds. The molecule has 0 bridgehead atoms. The molecule has 3 aromatic carbocycles. The zero-order valence-electron chi connectivity index (χ0n) is 15.8. The molecule has 1 aliphatic heterocycles. The minimum Gasteiger partial charge on any atom is -0.488 e. The van der Waals surface area contributed by atoms with Crippen molar-refractivity contribution < 1.29 is 17.9 Å². The molecule has 0 unspecified atom stereocenters. The monoisotopic (exact) mass is 405 g/mol. The standard InChI is InChI=1S/C23H19NO4S/c1-16-9-10-23-22(11-16)21(20-8-3-2-6-18(20)14-28-23)13-17-5-4-7-19(12-17)24-29(26,27)15-25/h2-13,15,24H,14H2,1H3/b21-13+. The van der Waals surface area contributed by atoms with Crippen LogP contribution in [0.2, 0.25) is 0 Å². The van der Waals surface area contributed by atoms with Gasteiger partial charge < -0.3 is 4.74 Å². The van der Waals surface area contributed by atoms with Crippen molar-refractivity contribution >= 4 is 33.0 Å². The lowest BCUT2D eigenvalue weighted by atomic mass is 9.92. The van der Waals surface area contributed by atoms with E-state index in [9.17, 15) is 13.2 Å². The lowest BCUT2D eigenvalue weighted by Crippen LogP contribution is -2.12. The summed E-state index contributed by atoms with van der Waals surface area (Å²) in [5.41, 5.74) is 6.26. The van der Waals surface area contributed by atoms with Crippen LogP contribution in [0, 0.1) is 6.92 Å². The van der Waals surface area contributed by atoms with E-state index in [0.717, 1.165) is 39.1 Å². The molecule has 0 saturated heterocycles. The van der Waals surface area contributed by atoms with E-state index in [1.165, 1.54) is 0 Å². The largest absolute Gasteiger partial charge is 0.488 e. The third kappa shape index (κ3) is 4.07. The first kappa shape index (κ1) is 19.0. The second-order valence-electron chi connectivity index (χ2n) is 6.87. The van der Waals surface area contributed by atoms with E-state index < -0.39 is 10.0 Å². The number of sulfonamides is 1. The summed E-state index contributed by atoms with van der Waals surface area (Å²) in [7, 11) is -4.00. The lowest BCUT2D eigenvalue weighted by Gasteiger charge is -2.12. The van der Waals surface area contributed by atoms with Crippen molar-refractivity contribution in [1.29, 1.82) is 0 Å². The van der Waals surface area contributed by atoms with E-state index in [2.05, 4.69) is 16.9 Å². The van der Waals surface area contributed by atoms with E-state index in [0.29, 0.717) is 12.3 Å². The number of hydrogen-bond acceptors (Lipinski definition) is 4. The third-order valence-corrected chi connectivity index (χ3v) is 5.47. The highest BCUT2D eigenvalue weighted by Gasteiger charge is 2.19. The van der Waals surface area contributed by atoms with Crippen LogP contribution in [-0.4, -0.2) is 14.0 Å². The van der Waals surface area contributed by atoms with Gasteiger partial charge in [0.05, 0.1) is 0 Å². The van der Waals surface area contributed by atoms with Crippen LogP contribution >= 0.6 is 0 Å². The van der Waals surface area contributed by atoms with Gasteiger partial charge in [0.2, 0.25) is 0 Å². The molecule has 1 heterocycles. The summed E-state index contributed by atoms with van der Waals surface area (Å²) >= 11 is 0. The molecule has 0 radical (unpaired) electrons. The number of anilines is 1. The molecule has 3 aromatic rings. The Labute approximate surface area is 169 Å². The van der Waals surface area contributed by atoms with Gasteiger partial charge >= 0.3 is 0 Å². The van der Waals surface area contributed by atoms with Gasteiger partial charge in [-0.3, -0.25) is 9.52 Å². The molecule has 0 saturated carbocycles. The van der Waals surface area contributed by atoms with Crippen LogP contribution in [0.1, 0.15) is 27.8 Å². The normalized spacial score (nSPS) is 14.3. The van der Waals surface area contributed by atoms with Crippen LogP contribution < -0.4 is 9.46 Å². The number of nitrogens with one attached hydrogen (secondary N) is 1. The highest BCUT2D eigenvalue weighted by Crippen LogP contribution is 2.38. The Morgan fingerprint density at radius 1 is 0.966 bits per heavy atom. The van der Waals surface area contributed by atoms with Gasteiger partial charge in [0.15, 0.2) is 0 Å². The minimum atomic E-state index is -4.00. The van der Waals surface area contributed by atoms with E-state index in [-0.39, 0.29) is 5.62 Å². The predicted molar refractivity (Wildman–Crippen MR) is 115 cm³/mol. The van der Waals surface area contributed by atoms with Gasteiger partial charge in [-0.2, -0.15) is 8.42 Å². The Bertz CT molecular complexity index is 1230. The van der Waals surface area contributed by atoms with E-state index in [1.54, 1.807) is 18.2 Å². The van der Waals surface area contributed by atoms with Crippen LogP contribution in [0.3, 0.4) is 0 Å². The van der Waals surface area contributed by atoms with Gasteiger partial charge in [0.1, 0.15) is 12.4 Å². The van der Waals surface area contributed by atoms with Gasteiger partial charge in [-0.1, -0.05) is 48.0 Å². The van der Waals surface area contributed by atoms with Crippen molar-refractivity contribution in [3.63, 3.8) is 0 Å². The van der Waals surface area contributed by atoms with Crippen LogP contribution in [0.4, 0.5) is 5.69 Å². The summed E-state index contributed by atoms with van der Waals surface area (Å²) in [6.45, 7) is 2.51. The van der Waals surface area contributed by atoms with Crippen molar-refractivity contribution in [3.8, 4) is 5.75 Å². The topological polar surface area (TPSA) is 72.5 Å². The van der Waals surface area contributed by atoms with Gasteiger partial charge in [0.25, 0.3) is 15.6 Å². The van der Waals surface area contributed by atoms with Crippen LogP contribution in [0.15, 0.2) is 66.7 Å². The van der Waals surface area contributed by atoms with E-state index >= 15 is 0 Å². The van der Waals surface area contributed by atoms with Crippen molar-refractivity contribution in [3.05, 3.63) is 94.5 Å². The summed E-state index contributed by atoms with van der Waals surface area (Å²) in [6, 6.07) is 21.1. The third-order valence-electron chi connectivity index (χ3n) is 4.70. The molecule has 0 aliphatic carbocycles. The Balaban J connectivity index is 1.87. The summed E-state index contributed by atoms with van der Waals surface area (Å²) in [6.07, 6.45) is 2.00. The fraction of sp³-hybridized carbons (Fsp3) is 0.0870. The van der Waals surface area contributed by atoms with Gasteiger partial charge in [0, 0.05) is 11.3 Å². The Kier molecular flexibility index (Phi) is 4.94. The number of benzene rings is 3. The lowest BCUT2D eigenvalue weighted by molar-refractivity contribution is 0.307. The van der Waals surface area contributed by atoms with E-state index in [4.69, 9.17) is 4.74 Å². The summed E-state index contributed by atoms with van der Waals surface area (Å²) < 4.78 is 31.4. The maximum Gasteiger partial charge on any atom is 0.292 e. The molecule has 146 valence electrons. The number of fused-ring (bicyclic) bond motifs is 2. The summed E-state index contributed by atoms with van der Waals surface area (Å²) in [5, 5.41) is 0. The van der Waals surface area contributed by atoms with Gasteiger partial charge in [-0.15, -0.1) is 0 Å². The molecule has 29 heavy (non-hydrogen) atoms. The minimum absolute atomic E-state index is 0.101. The van der Waals surface area contributed by atoms with Gasteiger partial charge in [-0.25, -0.2) is 0 Å². The van der Waals surface area contributed by atoms with Crippen molar-refractivity contribution in [2.24, 2.45) is 0 Å². The number of carbonyl (C=O) groups excluding carboxylic acids is 1. The Morgan fingerprint density at radius 2 is 1.79 bits per heavy atom. The molecule has 4 rings (SSSR count). The number of rotatable bonds is 4. The van der Waals surface area contributed by atoms with E-state index in [1.807, 2.05) is 49.4 Å². The first-order valence-corrected chi connectivity index (χ1v) is 10.6. The average molecular weight is 405 g/mol. The van der Waals surface area contributed by atoms with Gasteiger partial charge in [-0.05, 0) is 59.5 Å². The summed E-state index contributed by atoms with van der Waals surface area (Å²) in [4.78, 5) is 10.7. The zero-order chi connectivity index (χ0) is 20.4. The molecule has 6 heteroatoms. The molecular formula is C23H19NO4S. The average Bonchev–Trinajstić information content (AvgIpc) is 2.85. The smallest absolute Gasteiger partial charge is 0.292 e. The molecule has 0 atom stereocenters. The Hall–Kier alpha value is -3.38. The number of hydrogen-bond donors (Lipinski definition) is 1. The molecule has 5 nitrogen and oxygen atoms in total. The van der Waals surface area contributed by atoms with Crippen molar-refractivity contribution in [2.75, 3.05) is 4.72 Å². The molecule has 0 fully saturated rings. The van der Waals surface area contributed by atoms with Crippen LogP contribution in [0.5, 0.6) is 5.75 Å². The highest BCUT2D eigenvalue weighted by molar-refractivity contribution is 8.05. The fourth-order valence-corrected chi connectivity index (χ4v) is 3.90. The second-order valence-corrected chi connectivity index (χ2v) is 8.36. The number of aryl methyl sites for hydroxylation is 1. The van der Waals surface area contributed by atoms with Crippen molar-refractivity contribution in [2.45, 2.75) is 13.5 Å². The molecule has 0 spiro atoms. The first-order chi connectivity index (χ1) is 13.9. The number of ether oxygens (including phenoxy) is 1. The maximum absolute atomic E-state index is 11.6. The predicted octanol–water partition coefficient (Wildman–Crippen LogP) is 4.41. The fourth-order valence-electron chi connectivity index (χ4n) is 3.39. The quantitative estimate of drug-likeness (QED) is 0.653. The first-order valence-electron chi connectivity index (χ1n) is 9.07. The molecule has 0 aromatic heterocycles.